The fourth-order valence-corrected chi connectivity index (χ4v) is 1.04. The first-order valence-corrected chi connectivity index (χ1v) is 4.05. The highest BCUT2D eigenvalue weighted by atomic mass is 16.3. The molecule has 0 radical (unpaired) electrons. The smallest absolute Gasteiger partial charge is 0.105 e. The summed E-state index contributed by atoms with van der Waals surface area (Å²) in [7, 11) is 0. The van der Waals surface area contributed by atoms with Crippen LogP contribution in [0.1, 0.15) is 25.4 Å². The molecule has 11 heavy (non-hydrogen) atoms. The van der Waals surface area contributed by atoms with E-state index in [1.54, 1.807) is 0 Å². The summed E-state index contributed by atoms with van der Waals surface area (Å²) in [5, 5.41) is 0. The summed E-state index contributed by atoms with van der Waals surface area (Å²) < 4.78 is 5.46. The van der Waals surface area contributed by atoms with Gasteiger partial charge in [0.1, 0.15) is 11.5 Å². The summed E-state index contributed by atoms with van der Waals surface area (Å²) in [5.74, 6) is 2.04. The SMILES string of the molecule is CCc1ccc(CC(C)N)o1. The van der Waals surface area contributed by atoms with Gasteiger partial charge in [0.2, 0.25) is 0 Å². The number of hydrogen-bond acceptors (Lipinski definition) is 2. The molecule has 0 aliphatic carbocycles. The minimum Gasteiger partial charge on any atom is -0.466 e. The van der Waals surface area contributed by atoms with Crippen LogP contribution in [0.4, 0.5) is 0 Å². The molecule has 2 heteroatoms. The topological polar surface area (TPSA) is 39.2 Å². The van der Waals surface area contributed by atoms with Crippen LogP contribution in [0.25, 0.3) is 0 Å². The lowest BCUT2D eigenvalue weighted by molar-refractivity contribution is 0.457. The Labute approximate surface area is 67.4 Å². The van der Waals surface area contributed by atoms with Crippen LogP contribution < -0.4 is 5.73 Å². The van der Waals surface area contributed by atoms with Gasteiger partial charge in [-0.15, -0.1) is 0 Å². The van der Waals surface area contributed by atoms with Crippen LogP contribution in [0.3, 0.4) is 0 Å². The van der Waals surface area contributed by atoms with Gasteiger partial charge in [-0.05, 0) is 19.1 Å². The van der Waals surface area contributed by atoms with Crippen molar-refractivity contribution in [2.75, 3.05) is 0 Å². The highest BCUT2D eigenvalue weighted by Gasteiger charge is 2.02. The molecule has 0 aromatic carbocycles. The Balaban J connectivity index is 2.58. The maximum absolute atomic E-state index is 5.62. The molecule has 1 aromatic heterocycles. The van der Waals surface area contributed by atoms with E-state index in [1.165, 1.54) is 0 Å². The first-order valence-electron chi connectivity index (χ1n) is 4.05. The number of nitrogens with two attached hydrogens (primary N) is 1. The lowest BCUT2D eigenvalue weighted by Crippen LogP contribution is -2.17. The molecule has 62 valence electrons. The second-order valence-corrected chi connectivity index (χ2v) is 2.90. The number of hydrogen-bond donors (Lipinski definition) is 1. The fourth-order valence-electron chi connectivity index (χ4n) is 1.04. The summed E-state index contributed by atoms with van der Waals surface area (Å²) in [6.07, 6.45) is 1.79. The predicted octanol–water partition coefficient (Wildman–Crippen LogP) is 1.73. The van der Waals surface area contributed by atoms with Crippen LogP contribution in [-0.2, 0) is 12.8 Å². The lowest BCUT2D eigenvalue weighted by atomic mass is 10.2. The molecule has 0 spiro atoms. The van der Waals surface area contributed by atoms with Crippen LogP contribution in [0.5, 0.6) is 0 Å². The molecular formula is C9H15NO. The van der Waals surface area contributed by atoms with E-state index in [4.69, 9.17) is 10.2 Å². The Morgan fingerprint density at radius 1 is 1.45 bits per heavy atom. The van der Waals surface area contributed by atoms with Crippen molar-refractivity contribution in [2.45, 2.75) is 32.7 Å². The molecule has 1 heterocycles. The molecule has 2 nitrogen and oxygen atoms in total. The molecule has 0 saturated heterocycles. The van der Waals surface area contributed by atoms with E-state index >= 15 is 0 Å². The molecule has 0 fully saturated rings. The zero-order valence-electron chi connectivity index (χ0n) is 7.13. The van der Waals surface area contributed by atoms with Crippen molar-refractivity contribution in [2.24, 2.45) is 5.73 Å². The van der Waals surface area contributed by atoms with E-state index in [-0.39, 0.29) is 6.04 Å². The third kappa shape index (κ3) is 2.39. The van der Waals surface area contributed by atoms with Gasteiger partial charge >= 0.3 is 0 Å². The van der Waals surface area contributed by atoms with Crippen LogP contribution in [0.15, 0.2) is 16.5 Å². The summed E-state index contributed by atoms with van der Waals surface area (Å²) >= 11 is 0. The van der Waals surface area contributed by atoms with Gasteiger partial charge in [-0.1, -0.05) is 6.92 Å². The van der Waals surface area contributed by atoms with Crippen molar-refractivity contribution >= 4 is 0 Å². The van der Waals surface area contributed by atoms with Gasteiger partial charge in [0.25, 0.3) is 0 Å². The molecule has 0 aliphatic rings. The quantitative estimate of drug-likeness (QED) is 0.718. The van der Waals surface area contributed by atoms with Crippen molar-refractivity contribution in [3.8, 4) is 0 Å². The molecule has 0 saturated carbocycles. The molecule has 0 bridgehead atoms. The molecule has 1 aromatic rings. The van der Waals surface area contributed by atoms with E-state index in [0.717, 1.165) is 24.4 Å². The average molecular weight is 153 g/mol. The Morgan fingerprint density at radius 2 is 2.09 bits per heavy atom. The summed E-state index contributed by atoms with van der Waals surface area (Å²) in [5.41, 5.74) is 5.62. The minimum absolute atomic E-state index is 0.186. The molecular weight excluding hydrogens is 138 g/mol. The maximum Gasteiger partial charge on any atom is 0.105 e. The Morgan fingerprint density at radius 3 is 2.55 bits per heavy atom. The lowest BCUT2D eigenvalue weighted by Gasteiger charge is -1.99. The van der Waals surface area contributed by atoms with Crippen molar-refractivity contribution in [1.82, 2.24) is 0 Å². The first-order chi connectivity index (χ1) is 5.22. The van der Waals surface area contributed by atoms with Gasteiger partial charge in [0, 0.05) is 18.9 Å². The van der Waals surface area contributed by atoms with Crippen LogP contribution in [0, 0.1) is 0 Å². The van der Waals surface area contributed by atoms with Gasteiger partial charge in [-0.2, -0.15) is 0 Å². The van der Waals surface area contributed by atoms with Crippen molar-refractivity contribution in [3.05, 3.63) is 23.7 Å². The van der Waals surface area contributed by atoms with E-state index in [0.29, 0.717) is 0 Å². The third-order valence-corrected chi connectivity index (χ3v) is 1.59. The summed E-state index contributed by atoms with van der Waals surface area (Å²) in [4.78, 5) is 0. The summed E-state index contributed by atoms with van der Waals surface area (Å²) in [6.45, 7) is 4.06. The zero-order valence-corrected chi connectivity index (χ0v) is 7.13. The van der Waals surface area contributed by atoms with E-state index in [9.17, 15) is 0 Å². The number of furan rings is 1. The van der Waals surface area contributed by atoms with E-state index in [1.807, 2.05) is 19.1 Å². The van der Waals surface area contributed by atoms with E-state index < -0.39 is 0 Å². The molecule has 0 aliphatic heterocycles. The average Bonchev–Trinajstić information content (AvgIpc) is 2.34. The number of aryl methyl sites for hydroxylation is 1. The molecule has 2 N–H and O–H groups in total. The zero-order chi connectivity index (χ0) is 8.27. The molecule has 1 atom stereocenters. The van der Waals surface area contributed by atoms with Gasteiger partial charge in [-0.3, -0.25) is 0 Å². The molecule has 1 unspecified atom stereocenters. The van der Waals surface area contributed by atoms with Gasteiger partial charge in [-0.25, -0.2) is 0 Å². The highest BCUT2D eigenvalue weighted by molar-refractivity contribution is 5.07. The van der Waals surface area contributed by atoms with Gasteiger partial charge < -0.3 is 10.2 Å². The van der Waals surface area contributed by atoms with Crippen molar-refractivity contribution in [3.63, 3.8) is 0 Å². The Kier molecular flexibility index (Phi) is 2.71. The second-order valence-electron chi connectivity index (χ2n) is 2.90. The van der Waals surface area contributed by atoms with Crippen LogP contribution in [-0.4, -0.2) is 6.04 Å². The van der Waals surface area contributed by atoms with Gasteiger partial charge in [0.15, 0.2) is 0 Å². The van der Waals surface area contributed by atoms with Crippen molar-refractivity contribution < 1.29 is 4.42 Å². The Bertz CT molecular complexity index is 215. The highest BCUT2D eigenvalue weighted by Crippen LogP contribution is 2.09. The number of rotatable bonds is 3. The molecule has 1 rings (SSSR count). The first kappa shape index (κ1) is 8.34. The van der Waals surface area contributed by atoms with Crippen LogP contribution in [0.2, 0.25) is 0 Å². The third-order valence-electron chi connectivity index (χ3n) is 1.59. The van der Waals surface area contributed by atoms with Gasteiger partial charge in [0.05, 0.1) is 0 Å². The predicted molar refractivity (Wildman–Crippen MR) is 45.4 cm³/mol. The Hall–Kier alpha value is -0.760. The minimum atomic E-state index is 0.186. The standard InChI is InChI=1S/C9H15NO/c1-3-8-4-5-9(11-8)6-7(2)10/h4-5,7H,3,6,10H2,1-2H3. The normalized spacial score (nSPS) is 13.4. The van der Waals surface area contributed by atoms with Crippen LogP contribution >= 0.6 is 0 Å². The monoisotopic (exact) mass is 153 g/mol. The van der Waals surface area contributed by atoms with E-state index in [2.05, 4.69) is 6.92 Å². The fraction of sp³-hybridized carbons (Fsp3) is 0.556. The largest absolute Gasteiger partial charge is 0.466 e. The van der Waals surface area contributed by atoms with Crippen molar-refractivity contribution in [1.29, 1.82) is 0 Å². The second kappa shape index (κ2) is 3.58. The maximum atomic E-state index is 5.62. The molecule has 0 amide bonds. The summed E-state index contributed by atoms with van der Waals surface area (Å²) in [6, 6.07) is 4.20.